The van der Waals surface area contributed by atoms with Crippen molar-refractivity contribution in [1.82, 2.24) is 9.97 Å². The summed E-state index contributed by atoms with van der Waals surface area (Å²) in [6.07, 6.45) is 1.37. The minimum absolute atomic E-state index is 0.174. The summed E-state index contributed by atoms with van der Waals surface area (Å²) < 4.78 is 0. The average molecular weight is 277 g/mol. The van der Waals surface area contributed by atoms with Gasteiger partial charge in [0, 0.05) is 17.6 Å². The van der Waals surface area contributed by atoms with Crippen molar-refractivity contribution in [2.75, 3.05) is 10.6 Å². The van der Waals surface area contributed by atoms with E-state index in [1.165, 1.54) is 18.2 Å². The van der Waals surface area contributed by atoms with E-state index in [1.54, 1.807) is 31.2 Å². The molecule has 0 fully saturated rings. The average Bonchev–Trinajstić information content (AvgIpc) is 2.35. The Labute approximate surface area is 116 Å². The molecule has 5 nitrogen and oxygen atoms in total. The summed E-state index contributed by atoms with van der Waals surface area (Å²) in [5, 5.41) is 0.598. The van der Waals surface area contributed by atoms with E-state index in [0.29, 0.717) is 22.1 Å². The predicted octanol–water partition coefficient (Wildman–Crippen LogP) is 2.71. The number of carbonyl (C=O) groups excluding carboxylic acids is 1. The highest BCUT2D eigenvalue weighted by Gasteiger charge is 2.20. The van der Waals surface area contributed by atoms with Crippen LogP contribution in [-0.4, -0.2) is 15.9 Å². The molecule has 0 aliphatic rings. The summed E-state index contributed by atoms with van der Waals surface area (Å²) in [4.78, 5) is 21.4. The van der Waals surface area contributed by atoms with Crippen molar-refractivity contribution in [3.8, 4) is 0 Å². The normalized spacial score (nSPS) is 10.3. The number of benzene rings is 1. The highest BCUT2D eigenvalue weighted by atomic mass is 35.5. The molecule has 19 heavy (non-hydrogen) atoms. The number of amides is 1. The molecule has 2 rings (SSSR count). The van der Waals surface area contributed by atoms with E-state index in [-0.39, 0.29) is 11.7 Å². The van der Waals surface area contributed by atoms with Crippen LogP contribution in [0.2, 0.25) is 5.02 Å². The van der Waals surface area contributed by atoms with Gasteiger partial charge in [-0.1, -0.05) is 11.6 Å². The molecule has 0 aliphatic heterocycles. The first-order valence-electron chi connectivity index (χ1n) is 5.64. The van der Waals surface area contributed by atoms with Gasteiger partial charge in [-0.15, -0.1) is 0 Å². The minimum Gasteiger partial charge on any atom is -0.382 e. The molecule has 6 heteroatoms. The predicted molar refractivity (Wildman–Crippen MR) is 75.5 cm³/mol. The van der Waals surface area contributed by atoms with Crippen LogP contribution in [0.4, 0.5) is 17.2 Å². The molecule has 0 bridgehead atoms. The van der Waals surface area contributed by atoms with Crippen molar-refractivity contribution in [3.05, 3.63) is 41.3 Å². The Bertz CT molecular complexity index is 592. The maximum atomic E-state index is 11.9. The van der Waals surface area contributed by atoms with E-state index in [0.717, 1.165) is 0 Å². The summed E-state index contributed by atoms with van der Waals surface area (Å²) in [5.74, 6) is 0.0876. The van der Waals surface area contributed by atoms with Crippen molar-refractivity contribution in [2.45, 2.75) is 13.8 Å². The number of nitrogens with two attached hydrogens (primary N) is 1. The molecular weight excluding hydrogens is 264 g/mol. The van der Waals surface area contributed by atoms with Gasteiger partial charge in [0.2, 0.25) is 5.91 Å². The van der Waals surface area contributed by atoms with Crippen molar-refractivity contribution < 1.29 is 4.79 Å². The van der Waals surface area contributed by atoms with Gasteiger partial charge in [0.25, 0.3) is 0 Å². The van der Waals surface area contributed by atoms with Crippen LogP contribution < -0.4 is 10.6 Å². The molecule has 0 saturated carbocycles. The standard InChI is InChI=1S/C13H13ClN4O/c1-8-12(13(15)17-7-16-8)18(9(2)19)11-5-3-10(14)4-6-11/h3-7H,1-2H3,(H2,15,16,17). The summed E-state index contributed by atoms with van der Waals surface area (Å²) in [6, 6.07) is 6.91. The third-order valence-corrected chi connectivity index (χ3v) is 2.91. The number of aromatic nitrogens is 2. The zero-order valence-electron chi connectivity index (χ0n) is 10.6. The maximum Gasteiger partial charge on any atom is 0.228 e. The topological polar surface area (TPSA) is 72.1 Å². The summed E-state index contributed by atoms with van der Waals surface area (Å²) in [5.41, 5.74) is 7.66. The number of anilines is 3. The van der Waals surface area contributed by atoms with Crippen molar-refractivity contribution in [3.63, 3.8) is 0 Å². The van der Waals surface area contributed by atoms with Crippen LogP contribution in [0.5, 0.6) is 0 Å². The molecule has 0 aliphatic carbocycles. The van der Waals surface area contributed by atoms with Crippen LogP contribution >= 0.6 is 11.6 Å². The van der Waals surface area contributed by atoms with Gasteiger partial charge in [-0.25, -0.2) is 9.97 Å². The van der Waals surface area contributed by atoms with Crippen LogP contribution in [0.15, 0.2) is 30.6 Å². The van der Waals surface area contributed by atoms with E-state index >= 15 is 0 Å². The molecule has 0 unspecified atom stereocenters. The number of carbonyl (C=O) groups is 1. The van der Waals surface area contributed by atoms with Crippen LogP contribution in [0, 0.1) is 6.92 Å². The first-order valence-corrected chi connectivity index (χ1v) is 6.02. The van der Waals surface area contributed by atoms with Gasteiger partial charge < -0.3 is 5.73 Å². The van der Waals surface area contributed by atoms with Gasteiger partial charge in [-0.3, -0.25) is 9.69 Å². The van der Waals surface area contributed by atoms with E-state index in [1.807, 2.05) is 0 Å². The summed E-state index contributed by atoms with van der Waals surface area (Å²) in [6.45, 7) is 3.24. The quantitative estimate of drug-likeness (QED) is 0.915. The molecule has 98 valence electrons. The van der Waals surface area contributed by atoms with Gasteiger partial charge in [0.15, 0.2) is 5.82 Å². The Morgan fingerprint density at radius 2 is 1.89 bits per heavy atom. The van der Waals surface area contributed by atoms with Crippen LogP contribution in [0.3, 0.4) is 0 Å². The van der Waals surface area contributed by atoms with E-state index in [2.05, 4.69) is 9.97 Å². The molecule has 1 amide bonds. The van der Waals surface area contributed by atoms with Gasteiger partial charge in [-0.05, 0) is 31.2 Å². The number of hydrogen-bond donors (Lipinski definition) is 1. The van der Waals surface area contributed by atoms with Crippen LogP contribution in [-0.2, 0) is 4.79 Å². The lowest BCUT2D eigenvalue weighted by atomic mass is 10.2. The van der Waals surface area contributed by atoms with E-state index in [4.69, 9.17) is 17.3 Å². The van der Waals surface area contributed by atoms with E-state index < -0.39 is 0 Å². The zero-order valence-corrected chi connectivity index (χ0v) is 11.3. The van der Waals surface area contributed by atoms with Crippen LogP contribution in [0.1, 0.15) is 12.6 Å². The lowest BCUT2D eigenvalue weighted by Crippen LogP contribution is -2.25. The Morgan fingerprint density at radius 3 is 2.42 bits per heavy atom. The molecule has 1 aromatic heterocycles. The smallest absolute Gasteiger partial charge is 0.228 e. The Kier molecular flexibility index (Phi) is 3.66. The number of nitrogens with zero attached hydrogens (tertiary/aromatic N) is 3. The Balaban J connectivity index is 2.58. The second-order valence-electron chi connectivity index (χ2n) is 4.02. The molecular formula is C13H13ClN4O. The lowest BCUT2D eigenvalue weighted by Gasteiger charge is -2.23. The van der Waals surface area contributed by atoms with Gasteiger partial charge >= 0.3 is 0 Å². The van der Waals surface area contributed by atoms with E-state index in [9.17, 15) is 4.79 Å². The van der Waals surface area contributed by atoms with Crippen molar-refractivity contribution >= 4 is 34.7 Å². The molecule has 0 radical (unpaired) electrons. The zero-order chi connectivity index (χ0) is 14.0. The number of nitrogen functional groups attached to an aromatic ring is 1. The van der Waals surface area contributed by atoms with Gasteiger partial charge in [-0.2, -0.15) is 0 Å². The highest BCUT2D eigenvalue weighted by Crippen LogP contribution is 2.31. The van der Waals surface area contributed by atoms with Gasteiger partial charge in [0.05, 0.1) is 5.69 Å². The lowest BCUT2D eigenvalue weighted by molar-refractivity contribution is -0.115. The third kappa shape index (κ3) is 2.66. The minimum atomic E-state index is -0.174. The second kappa shape index (κ2) is 5.24. The fourth-order valence-corrected chi connectivity index (χ4v) is 1.95. The van der Waals surface area contributed by atoms with Crippen molar-refractivity contribution in [2.24, 2.45) is 0 Å². The SMILES string of the molecule is CC(=O)N(c1ccc(Cl)cc1)c1c(C)ncnc1N. The summed E-state index contributed by atoms with van der Waals surface area (Å²) in [7, 11) is 0. The second-order valence-corrected chi connectivity index (χ2v) is 4.46. The third-order valence-electron chi connectivity index (χ3n) is 2.66. The molecule has 0 saturated heterocycles. The largest absolute Gasteiger partial charge is 0.382 e. The molecule has 1 aromatic carbocycles. The van der Waals surface area contributed by atoms with Gasteiger partial charge in [0.1, 0.15) is 12.0 Å². The fraction of sp³-hybridized carbons (Fsp3) is 0.154. The Morgan fingerprint density at radius 1 is 1.26 bits per heavy atom. The first kappa shape index (κ1) is 13.3. The molecule has 2 aromatic rings. The maximum absolute atomic E-state index is 11.9. The van der Waals surface area contributed by atoms with Crippen LogP contribution in [0.25, 0.3) is 0 Å². The highest BCUT2D eigenvalue weighted by molar-refractivity contribution is 6.30. The molecule has 0 spiro atoms. The number of halogens is 1. The fourth-order valence-electron chi connectivity index (χ4n) is 1.82. The molecule has 1 heterocycles. The number of hydrogen-bond acceptors (Lipinski definition) is 4. The molecule has 2 N–H and O–H groups in total. The Hall–Kier alpha value is -2.14. The first-order chi connectivity index (χ1) is 9.00. The summed E-state index contributed by atoms with van der Waals surface area (Å²) >= 11 is 5.85. The molecule has 0 atom stereocenters. The monoisotopic (exact) mass is 276 g/mol. The number of aryl methyl sites for hydroxylation is 1. The number of rotatable bonds is 2. The van der Waals surface area contributed by atoms with Crippen molar-refractivity contribution in [1.29, 1.82) is 0 Å².